The van der Waals surface area contributed by atoms with Crippen molar-refractivity contribution in [3.05, 3.63) is 45.6 Å². The maximum absolute atomic E-state index is 11.8. The van der Waals surface area contributed by atoms with Gasteiger partial charge in [0.1, 0.15) is 0 Å². The Labute approximate surface area is 128 Å². The third-order valence-electron chi connectivity index (χ3n) is 3.22. The Hall–Kier alpha value is -2.01. The maximum atomic E-state index is 11.8. The Kier molecular flexibility index (Phi) is 5.22. The third-order valence-corrected chi connectivity index (χ3v) is 4.18. The first-order valence-electron chi connectivity index (χ1n) is 7.01. The number of carbonyl (C=O) groups excluding carboxylic acids is 1. The SMILES string of the molecule is CCOC(=O)c1cc(NCc2sccc2CC)ccc1N. The summed E-state index contributed by atoms with van der Waals surface area (Å²) in [6.45, 7) is 5.00. The van der Waals surface area contributed by atoms with E-state index in [1.807, 2.05) is 6.07 Å². The molecule has 112 valence electrons. The summed E-state index contributed by atoms with van der Waals surface area (Å²) in [5.74, 6) is -0.385. The van der Waals surface area contributed by atoms with Crippen molar-refractivity contribution in [2.75, 3.05) is 17.7 Å². The summed E-state index contributed by atoms with van der Waals surface area (Å²) in [7, 11) is 0. The fourth-order valence-electron chi connectivity index (χ4n) is 2.07. The van der Waals surface area contributed by atoms with Crippen molar-refractivity contribution in [2.45, 2.75) is 26.8 Å². The second-order valence-corrected chi connectivity index (χ2v) is 5.60. The van der Waals surface area contributed by atoms with E-state index < -0.39 is 0 Å². The van der Waals surface area contributed by atoms with Gasteiger partial charge in [0.05, 0.1) is 12.2 Å². The molecule has 0 amide bonds. The minimum absolute atomic E-state index is 0.338. The molecular weight excluding hydrogens is 284 g/mol. The lowest BCUT2D eigenvalue weighted by molar-refractivity contribution is 0.0527. The van der Waals surface area contributed by atoms with Crippen LogP contribution in [0.15, 0.2) is 29.6 Å². The van der Waals surface area contributed by atoms with Crippen LogP contribution < -0.4 is 11.1 Å². The van der Waals surface area contributed by atoms with Gasteiger partial charge in [-0.1, -0.05) is 6.92 Å². The molecule has 3 N–H and O–H groups in total. The fraction of sp³-hybridized carbons (Fsp3) is 0.312. The fourth-order valence-corrected chi connectivity index (χ4v) is 2.99. The number of benzene rings is 1. The average Bonchev–Trinajstić information content (AvgIpc) is 2.94. The Balaban J connectivity index is 2.10. The molecule has 1 aromatic heterocycles. The molecule has 0 spiro atoms. The monoisotopic (exact) mass is 304 g/mol. The number of carbonyl (C=O) groups is 1. The van der Waals surface area contributed by atoms with Crippen molar-refractivity contribution in [1.29, 1.82) is 0 Å². The van der Waals surface area contributed by atoms with Crippen LogP contribution in [0.2, 0.25) is 0 Å². The number of thiophene rings is 1. The second-order valence-electron chi connectivity index (χ2n) is 4.60. The summed E-state index contributed by atoms with van der Waals surface area (Å²) in [5, 5.41) is 5.43. The molecule has 21 heavy (non-hydrogen) atoms. The number of rotatable bonds is 6. The van der Waals surface area contributed by atoms with Crippen LogP contribution in [0.5, 0.6) is 0 Å². The zero-order chi connectivity index (χ0) is 15.2. The van der Waals surface area contributed by atoms with Gasteiger partial charge in [0.2, 0.25) is 0 Å². The van der Waals surface area contributed by atoms with Crippen LogP contribution in [0.1, 0.15) is 34.6 Å². The normalized spacial score (nSPS) is 10.4. The molecular formula is C16H20N2O2S. The second kappa shape index (κ2) is 7.13. The van der Waals surface area contributed by atoms with Gasteiger partial charge in [-0.15, -0.1) is 11.3 Å². The first-order valence-corrected chi connectivity index (χ1v) is 7.89. The maximum Gasteiger partial charge on any atom is 0.340 e. The van der Waals surface area contributed by atoms with Crippen molar-refractivity contribution in [3.63, 3.8) is 0 Å². The van der Waals surface area contributed by atoms with Gasteiger partial charge in [-0.3, -0.25) is 0 Å². The van der Waals surface area contributed by atoms with Gasteiger partial charge >= 0.3 is 5.97 Å². The van der Waals surface area contributed by atoms with Crippen LogP contribution in [-0.4, -0.2) is 12.6 Å². The molecule has 0 bridgehead atoms. The number of hydrogen-bond acceptors (Lipinski definition) is 5. The highest BCUT2D eigenvalue weighted by Gasteiger charge is 2.11. The molecule has 0 aliphatic carbocycles. The van der Waals surface area contributed by atoms with Crippen LogP contribution in [0, 0.1) is 0 Å². The number of aryl methyl sites for hydroxylation is 1. The van der Waals surface area contributed by atoms with Crippen LogP contribution in [0.4, 0.5) is 11.4 Å². The van der Waals surface area contributed by atoms with E-state index in [0.717, 1.165) is 18.7 Å². The average molecular weight is 304 g/mol. The number of ether oxygens (including phenoxy) is 1. The number of nitrogens with two attached hydrogens (primary N) is 1. The van der Waals surface area contributed by atoms with E-state index in [4.69, 9.17) is 10.5 Å². The Morgan fingerprint density at radius 1 is 1.33 bits per heavy atom. The van der Waals surface area contributed by atoms with Gasteiger partial charge in [-0.2, -0.15) is 0 Å². The molecule has 1 heterocycles. The van der Waals surface area contributed by atoms with Gasteiger partial charge in [0.15, 0.2) is 0 Å². The smallest absolute Gasteiger partial charge is 0.340 e. The van der Waals surface area contributed by atoms with Crippen LogP contribution in [0.3, 0.4) is 0 Å². The molecule has 0 saturated carbocycles. The molecule has 0 fully saturated rings. The standard InChI is InChI=1S/C16H20N2O2S/c1-3-11-7-8-21-15(11)10-18-12-5-6-14(17)13(9-12)16(19)20-4-2/h5-9,18H,3-4,10,17H2,1-2H3. The third kappa shape index (κ3) is 3.76. The topological polar surface area (TPSA) is 64.3 Å². The van der Waals surface area contributed by atoms with E-state index in [0.29, 0.717) is 17.9 Å². The Morgan fingerprint density at radius 2 is 2.14 bits per heavy atom. The highest BCUT2D eigenvalue weighted by Crippen LogP contribution is 2.22. The Bertz CT molecular complexity index is 622. The molecule has 5 heteroatoms. The van der Waals surface area contributed by atoms with E-state index in [9.17, 15) is 4.79 Å². The van der Waals surface area contributed by atoms with Gasteiger partial charge in [-0.05, 0) is 48.6 Å². The van der Waals surface area contributed by atoms with Gasteiger partial charge in [-0.25, -0.2) is 4.79 Å². The highest BCUT2D eigenvalue weighted by atomic mass is 32.1. The molecule has 0 atom stereocenters. The van der Waals surface area contributed by atoms with Crippen molar-refractivity contribution in [3.8, 4) is 0 Å². The minimum atomic E-state index is -0.385. The zero-order valence-corrected chi connectivity index (χ0v) is 13.1. The summed E-state index contributed by atoms with van der Waals surface area (Å²) in [6.07, 6.45) is 1.02. The molecule has 0 aliphatic heterocycles. The lowest BCUT2D eigenvalue weighted by atomic mass is 10.1. The van der Waals surface area contributed by atoms with E-state index >= 15 is 0 Å². The number of nitrogens with one attached hydrogen (secondary N) is 1. The molecule has 4 nitrogen and oxygen atoms in total. The van der Waals surface area contributed by atoms with E-state index in [1.54, 1.807) is 30.4 Å². The number of hydrogen-bond donors (Lipinski definition) is 2. The highest BCUT2D eigenvalue weighted by molar-refractivity contribution is 7.10. The lowest BCUT2D eigenvalue weighted by Gasteiger charge is -2.10. The molecule has 0 radical (unpaired) electrons. The molecule has 0 aliphatic rings. The molecule has 1 aromatic carbocycles. The van der Waals surface area contributed by atoms with Crippen LogP contribution in [-0.2, 0) is 17.7 Å². The van der Waals surface area contributed by atoms with Gasteiger partial charge in [0, 0.05) is 22.8 Å². The van der Waals surface area contributed by atoms with Crippen molar-refractivity contribution < 1.29 is 9.53 Å². The molecule has 2 rings (SSSR count). The largest absolute Gasteiger partial charge is 0.462 e. The number of nitrogen functional groups attached to an aromatic ring is 1. The van der Waals surface area contributed by atoms with E-state index in [2.05, 4.69) is 23.7 Å². The van der Waals surface area contributed by atoms with E-state index in [-0.39, 0.29) is 5.97 Å². The van der Waals surface area contributed by atoms with Gasteiger partial charge < -0.3 is 15.8 Å². The Morgan fingerprint density at radius 3 is 2.86 bits per heavy atom. The summed E-state index contributed by atoms with van der Waals surface area (Å²) in [6, 6.07) is 7.49. The molecule has 0 saturated heterocycles. The predicted molar refractivity (Wildman–Crippen MR) is 87.8 cm³/mol. The summed E-state index contributed by atoms with van der Waals surface area (Å²) in [4.78, 5) is 13.1. The van der Waals surface area contributed by atoms with Crippen molar-refractivity contribution in [2.24, 2.45) is 0 Å². The summed E-state index contributed by atoms with van der Waals surface area (Å²) in [5.41, 5.74) is 8.89. The zero-order valence-electron chi connectivity index (χ0n) is 12.3. The predicted octanol–water partition coefficient (Wildman–Crippen LogP) is 3.68. The molecule has 2 aromatic rings. The molecule has 0 unspecified atom stereocenters. The summed E-state index contributed by atoms with van der Waals surface area (Å²) < 4.78 is 5.01. The van der Waals surface area contributed by atoms with Gasteiger partial charge in [0.25, 0.3) is 0 Å². The quantitative estimate of drug-likeness (QED) is 0.631. The first kappa shape index (κ1) is 15.4. The first-order chi connectivity index (χ1) is 10.2. The van der Waals surface area contributed by atoms with E-state index in [1.165, 1.54) is 10.4 Å². The number of esters is 1. The van der Waals surface area contributed by atoms with Crippen LogP contribution in [0.25, 0.3) is 0 Å². The summed E-state index contributed by atoms with van der Waals surface area (Å²) >= 11 is 1.74. The van der Waals surface area contributed by atoms with Crippen LogP contribution >= 0.6 is 11.3 Å². The van der Waals surface area contributed by atoms with Crippen molar-refractivity contribution in [1.82, 2.24) is 0 Å². The number of anilines is 2. The van der Waals surface area contributed by atoms with Crippen molar-refractivity contribution >= 4 is 28.7 Å². The minimum Gasteiger partial charge on any atom is -0.462 e. The lowest BCUT2D eigenvalue weighted by Crippen LogP contribution is -2.09.